The molecule has 0 aliphatic rings. The molecule has 74 valence electrons. The summed E-state index contributed by atoms with van der Waals surface area (Å²) < 4.78 is 0. The van der Waals surface area contributed by atoms with Crippen molar-refractivity contribution in [1.82, 2.24) is 5.32 Å². The van der Waals surface area contributed by atoms with E-state index in [0.717, 1.165) is 24.3 Å². The highest BCUT2D eigenvalue weighted by Crippen LogP contribution is 2.06. The van der Waals surface area contributed by atoms with Gasteiger partial charge in [-0.25, -0.2) is 0 Å². The average molecular weight is 205 g/mol. The minimum atomic E-state index is 0.770. The minimum absolute atomic E-state index is 0.770. The smallest absolute Gasteiger partial charge is 0.0248 e. The van der Waals surface area contributed by atoms with Gasteiger partial charge in [-0.15, -0.1) is 0 Å². The molecule has 0 aromatic heterocycles. The molecule has 0 atom stereocenters. The highest BCUT2D eigenvalue weighted by atomic mass is 32.1. The maximum Gasteiger partial charge on any atom is 0.0248 e. The van der Waals surface area contributed by atoms with E-state index in [9.17, 15) is 0 Å². The topological polar surface area (TPSA) is 12.0 Å². The van der Waals surface area contributed by atoms with Crippen molar-refractivity contribution in [2.75, 3.05) is 13.6 Å². The largest absolute Gasteiger partial charge is 0.319 e. The summed E-state index contributed by atoms with van der Waals surface area (Å²) in [6.07, 6.45) is 0.890. The molecule has 0 heterocycles. The molecule has 1 N–H and O–H groups in total. The highest BCUT2D eigenvalue weighted by molar-refractivity contribution is 7.79. The van der Waals surface area contributed by atoms with Crippen molar-refractivity contribution >= 4 is 12.6 Å². The lowest BCUT2D eigenvalue weighted by Gasteiger charge is -1.95. The Morgan fingerprint density at radius 1 is 1.43 bits per heavy atom. The summed E-state index contributed by atoms with van der Waals surface area (Å²) in [6, 6.07) is 8.19. The third-order valence-corrected chi connectivity index (χ3v) is 2.21. The average Bonchev–Trinajstić information content (AvgIpc) is 2.25. The van der Waals surface area contributed by atoms with Gasteiger partial charge in [0.2, 0.25) is 0 Å². The van der Waals surface area contributed by atoms with Gasteiger partial charge in [-0.05, 0) is 24.7 Å². The molecular weight excluding hydrogens is 190 g/mol. The lowest BCUT2D eigenvalue weighted by atomic mass is 10.1. The molecule has 1 nitrogen and oxygen atoms in total. The van der Waals surface area contributed by atoms with Crippen LogP contribution < -0.4 is 5.32 Å². The number of nitrogens with one attached hydrogen (secondary N) is 1. The van der Waals surface area contributed by atoms with Crippen LogP contribution in [0.1, 0.15) is 17.5 Å². The molecule has 0 amide bonds. The summed E-state index contributed by atoms with van der Waals surface area (Å²) in [4.78, 5) is 0. The minimum Gasteiger partial charge on any atom is -0.319 e. The first kappa shape index (κ1) is 11.2. The van der Waals surface area contributed by atoms with Crippen molar-refractivity contribution in [2.45, 2.75) is 12.2 Å². The zero-order valence-electron chi connectivity index (χ0n) is 8.38. The van der Waals surface area contributed by atoms with Crippen LogP contribution in [0, 0.1) is 11.8 Å². The van der Waals surface area contributed by atoms with Crippen LogP contribution >= 0.6 is 12.6 Å². The van der Waals surface area contributed by atoms with Gasteiger partial charge in [0.05, 0.1) is 0 Å². The van der Waals surface area contributed by atoms with E-state index in [-0.39, 0.29) is 0 Å². The van der Waals surface area contributed by atoms with E-state index in [0.29, 0.717) is 0 Å². The van der Waals surface area contributed by atoms with Gasteiger partial charge >= 0.3 is 0 Å². The first-order valence-corrected chi connectivity index (χ1v) is 5.33. The van der Waals surface area contributed by atoms with Crippen LogP contribution in [0.2, 0.25) is 0 Å². The fourth-order valence-corrected chi connectivity index (χ4v) is 1.30. The SMILES string of the molecule is CNCCC#Cc1cccc(CS)c1. The van der Waals surface area contributed by atoms with E-state index in [1.165, 1.54) is 5.56 Å². The van der Waals surface area contributed by atoms with E-state index in [2.05, 4.69) is 41.9 Å². The van der Waals surface area contributed by atoms with Gasteiger partial charge in [-0.3, -0.25) is 0 Å². The molecule has 0 spiro atoms. The third kappa shape index (κ3) is 3.87. The first-order valence-electron chi connectivity index (χ1n) is 4.70. The number of hydrogen-bond donors (Lipinski definition) is 2. The molecule has 0 saturated heterocycles. The van der Waals surface area contributed by atoms with Gasteiger partial charge in [-0.2, -0.15) is 12.6 Å². The van der Waals surface area contributed by atoms with E-state index >= 15 is 0 Å². The molecule has 1 rings (SSSR count). The van der Waals surface area contributed by atoms with Crippen molar-refractivity contribution in [3.05, 3.63) is 35.4 Å². The Hall–Kier alpha value is -0.910. The predicted octanol–water partition coefficient (Wildman–Crippen LogP) is 2.08. The van der Waals surface area contributed by atoms with E-state index in [1.54, 1.807) is 0 Å². The summed E-state index contributed by atoms with van der Waals surface area (Å²) in [5.41, 5.74) is 2.29. The van der Waals surface area contributed by atoms with Crippen molar-refractivity contribution in [3.8, 4) is 11.8 Å². The summed E-state index contributed by atoms with van der Waals surface area (Å²) in [5, 5.41) is 3.06. The predicted molar refractivity (Wildman–Crippen MR) is 64.6 cm³/mol. The van der Waals surface area contributed by atoms with Gasteiger partial charge in [0.25, 0.3) is 0 Å². The fourth-order valence-electron chi connectivity index (χ4n) is 1.10. The Morgan fingerprint density at radius 3 is 3.00 bits per heavy atom. The second-order valence-electron chi connectivity index (χ2n) is 3.01. The van der Waals surface area contributed by atoms with Gasteiger partial charge in [-0.1, -0.05) is 24.0 Å². The van der Waals surface area contributed by atoms with E-state index in [1.807, 2.05) is 19.2 Å². The van der Waals surface area contributed by atoms with Crippen molar-refractivity contribution in [1.29, 1.82) is 0 Å². The molecule has 0 aliphatic heterocycles. The Kier molecular flexibility index (Phi) is 5.21. The monoisotopic (exact) mass is 205 g/mol. The molecule has 0 saturated carbocycles. The quantitative estimate of drug-likeness (QED) is 0.437. The molecule has 0 radical (unpaired) electrons. The lowest BCUT2D eigenvalue weighted by Crippen LogP contribution is -2.05. The fraction of sp³-hybridized carbons (Fsp3) is 0.333. The molecule has 1 aromatic rings. The maximum atomic E-state index is 4.22. The number of benzene rings is 1. The number of thiol groups is 1. The molecule has 0 bridgehead atoms. The van der Waals surface area contributed by atoms with Crippen LogP contribution in [-0.4, -0.2) is 13.6 Å². The maximum absolute atomic E-state index is 4.22. The number of hydrogen-bond acceptors (Lipinski definition) is 2. The van der Waals surface area contributed by atoms with E-state index < -0.39 is 0 Å². The summed E-state index contributed by atoms with van der Waals surface area (Å²) >= 11 is 4.22. The molecule has 0 fully saturated rings. The van der Waals surface area contributed by atoms with E-state index in [4.69, 9.17) is 0 Å². The van der Waals surface area contributed by atoms with Crippen LogP contribution in [0.4, 0.5) is 0 Å². The van der Waals surface area contributed by atoms with Gasteiger partial charge in [0, 0.05) is 24.3 Å². The standard InChI is InChI=1S/C12H15NS/c1-13-8-3-2-5-11-6-4-7-12(9-11)10-14/h4,6-7,9,13-14H,3,8,10H2,1H3. The summed E-state index contributed by atoms with van der Waals surface area (Å²) in [5.74, 6) is 7.02. The molecular formula is C12H15NS. The van der Waals surface area contributed by atoms with Crippen LogP contribution in [0.3, 0.4) is 0 Å². The second-order valence-corrected chi connectivity index (χ2v) is 3.33. The van der Waals surface area contributed by atoms with Crippen molar-refractivity contribution in [2.24, 2.45) is 0 Å². The molecule has 2 heteroatoms. The van der Waals surface area contributed by atoms with Crippen molar-refractivity contribution < 1.29 is 0 Å². The van der Waals surface area contributed by atoms with Gasteiger partial charge < -0.3 is 5.32 Å². The van der Waals surface area contributed by atoms with Crippen LogP contribution in [0.25, 0.3) is 0 Å². The Balaban J connectivity index is 2.60. The zero-order valence-corrected chi connectivity index (χ0v) is 9.27. The molecule has 1 aromatic carbocycles. The second kappa shape index (κ2) is 6.53. The number of rotatable bonds is 3. The molecule has 0 unspecified atom stereocenters. The van der Waals surface area contributed by atoms with Gasteiger partial charge in [0.1, 0.15) is 0 Å². The Bertz CT molecular complexity index is 336. The summed E-state index contributed by atoms with van der Waals surface area (Å²) in [6.45, 7) is 0.944. The lowest BCUT2D eigenvalue weighted by molar-refractivity contribution is 0.818. The summed E-state index contributed by atoms with van der Waals surface area (Å²) in [7, 11) is 1.93. The first-order chi connectivity index (χ1) is 6.86. The van der Waals surface area contributed by atoms with Gasteiger partial charge in [0.15, 0.2) is 0 Å². The Labute approximate surface area is 91.3 Å². The molecule has 0 aliphatic carbocycles. The normalized spacial score (nSPS) is 9.29. The van der Waals surface area contributed by atoms with Crippen LogP contribution in [0.5, 0.6) is 0 Å². The zero-order chi connectivity index (χ0) is 10.2. The van der Waals surface area contributed by atoms with Crippen LogP contribution in [-0.2, 0) is 5.75 Å². The Morgan fingerprint density at radius 2 is 2.29 bits per heavy atom. The molecule has 14 heavy (non-hydrogen) atoms. The third-order valence-electron chi connectivity index (χ3n) is 1.84. The van der Waals surface area contributed by atoms with Crippen molar-refractivity contribution in [3.63, 3.8) is 0 Å². The van der Waals surface area contributed by atoms with Crippen LogP contribution in [0.15, 0.2) is 24.3 Å². The highest BCUT2D eigenvalue weighted by Gasteiger charge is 1.89.